The molecule has 2 saturated heterocycles. The lowest BCUT2D eigenvalue weighted by atomic mass is 9.74. The number of aliphatic hydroxyl groups is 1. The molecule has 1 spiro atoms. The number of benzene rings is 1. The Hall–Kier alpha value is -2.97. The molecule has 1 unspecified atom stereocenters. The van der Waals surface area contributed by atoms with Crippen molar-refractivity contribution in [2.75, 3.05) is 32.8 Å². The van der Waals surface area contributed by atoms with Crippen molar-refractivity contribution in [3.05, 3.63) is 60.2 Å². The number of ether oxygens (including phenoxy) is 1. The largest absolute Gasteiger partial charge is 0.396 e. The van der Waals surface area contributed by atoms with Crippen molar-refractivity contribution >= 4 is 17.7 Å². The Morgan fingerprint density at radius 3 is 2.38 bits per heavy atom. The predicted octanol–water partition coefficient (Wildman–Crippen LogP) is 2.14. The minimum atomic E-state index is -1.23. The molecule has 3 amide bonds. The lowest BCUT2D eigenvalue weighted by molar-refractivity contribution is -0.153. The van der Waals surface area contributed by atoms with Crippen molar-refractivity contribution < 1.29 is 24.2 Å². The first-order chi connectivity index (χ1) is 17.9. The molecule has 5 rings (SSSR count). The number of unbranched alkanes of at least 4 members (excludes halogenated alkanes) is 1. The average molecular weight is 508 g/mol. The highest BCUT2D eigenvalue weighted by Crippen LogP contribution is 2.57. The summed E-state index contributed by atoms with van der Waals surface area (Å²) in [5.41, 5.74) is -1.21. The molecule has 1 aromatic rings. The molecule has 4 heterocycles. The van der Waals surface area contributed by atoms with Gasteiger partial charge in [0.15, 0.2) is 0 Å². The Bertz CT molecular complexity index is 1100. The summed E-state index contributed by atoms with van der Waals surface area (Å²) in [6.07, 6.45) is 9.59. The lowest BCUT2D eigenvalue weighted by Crippen LogP contribution is -2.55. The third kappa shape index (κ3) is 4.20. The summed E-state index contributed by atoms with van der Waals surface area (Å²) < 4.78 is 6.82. The van der Waals surface area contributed by atoms with Gasteiger partial charge in [0.1, 0.15) is 11.6 Å². The van der Waals surface area contributed by atoms with Crippen molar-refractivity contribution in [2.24, 2.45) is 11.8 Å². The summed E-state index contributed by atoms with van der Waals surface area (Å²) in [6, 6.07) is 8.93. The van der Waals surface area contributed by atoms with E-state index in [4.69, 9.17) is 4.74 Å². The Morgan fingerprint density at radius 1 is 0.919 bits per heavy atom. The molecular formula is C29H37N3O5. The van der Waals surface area contributed by atoms with Crippen LogP contribution in [0, 0.1) is 11.8 Å². The average Bonchev–Trinajstić information content (AvgIpc) is 3.15. The van der Waals surface area contributed by atoms with Gasteiger partial charge >= 0.3 is 0 Å². The highest BCUT2D eigenvalue weighted by Gasteiger charge is 2.74. The molecule has 0 saturated carbocycles. The van der Waals surface area contributed by atoms with Crippen molar-refractivity contribution in [1.82, 2.24) is 14.7 Å². The van der Waals surface area contributed by atoms with Gasteiger partial charge in [0, 0.05) is 39.3 Å². The third-order valence-electron chi connectivity index (χ3n) is 8.24. The monoisotopic (exact) mass is 507 g/mol. The normalized spacial score (nSPS) is 32.9. The van der Waals surface area contributed by atoms with Gasteiger partial charge in [0.25, 0.3) is 0 Å². The number of fused-ring (bicyclic) bond motifs is 2. The van der Waals surface area contributed by atoms with Gasteiger partial charge in [0.2, 0.25) is 17.7 Å². The van der Waals surface area contributed by atoms with Gasteiger partial charge < -0.3 is 24.5 Å². The Kier molecular flexibility index (Phi) is 6.98. The zero-order valence-electron chi connectivity index (χ0n) is 21.7. The van der Waals surface area contributed by atoms with Gasteiger partial charge in [-0.2, -0.15) is 0 Å². The number of nitrogens with zero attached hydrogens (tertiary/aromatic N) is 3. The molecule has 8 heteroatoms. The van der Waals surface area contributed by atoms with E-state index in [-0.39, 0.29) is 24.3 Å². The molecule has 2 fully saturated rings. The molecule has 0 radical (unpaired) electrons. The quantitative estimate of drug-likeness (QED) is 0.430. The molecule has 4 aliphatic rings. The van der Waals surface area contributed by atoms with E-state index in [9.17, 15) is 19.5 Å². The fraction of sp³-hybridized carbons (Fsp3) is 0.552. The van der Waals surface area contributed by atoms with Crippen LogP contribution in [0.5, 0.6) is 0 Å². The zero-order chi connectivity index (χ0) is 26.2. The number of likely N-dealkylation sites (tertiary alicyclic amines) is 1. The van der Waals surface area contributed by atoms with Crippen LogP contribution in [0.4, 0.5) is 0 Å². The molecular weight excluding hydrogens is 470 g/mol. The number of hydrogen-bond donors (Lipinski definition) is 1. The van der Waals surface area contributed by atoms with E-state index in [2.05, 4.69) is 0 Å². The van der Waals surface area contributed by atoms with E-state index in [1.54, 1.807) is 14.7 Å². The minimum Gasteiger partial charge on any atom is -0.396 e. The predicted molar refractivity (Wildman–Crippen MR) is 138 cm³/mol. The fourth-order valence-electron chi connectivity index (χ4n) is 6.67. The second-order valence-electron chi connectivity index (χ2n) is 10.8. The number of carbonyl (C=O) groups excluding carboxylic acids is 3. The van der Waals surface area contributed by atoms with Crippen LogP contribution in [0.2, 0.25) is 0 Å². The first-order valence-corrected chi connectivity index (χ1v) is 13.4. The molecule has 0 aliphatic carbocycles. The van der Waals surface area contributed by atoms with Crippen molar-refractivity contribution in [1.29, 1.82) is 0 Å². The van der Waals surface area contributed by atoms with Crippen LogP contribution < -0.4 is 0 Å². The molecule has 1 aromatic carbocycles. The standard InChI is InChI=1S/C29H37N3O5/c1-3-15-30-16-9-13-28(2)22(25(30)34)23-26(35)32(18-7-8-19-33)24-27(36)31(17-10-14-29(23,24)37-28)20-21-11-5-4-6-12-21/h4-6,9-14,22-24,33H,3,7-8,15-20H2,1-2H3/t22-,23-,24?,28+,29-/m0/s1. The van der Waals surface area contributed by atoms with E-state index in [0.29, 0.717) is 45.6 Å². The summed E-state index contributed by atoms with van der Waals surface area (Å²) >= 11 is 0. The maximum Gasteiger partial charge on any atom is 0.249 e. The van der Waals surface area contributed by atoms with Gasteiger partial charge in [-0.1, -0.05) is 61.6 Å². The second-order valence-corrected chi connectivity index (χ2v) is 10.8. The molecule has 0 aromatic heterocycles. The molecule has 4 aliphatic heterocycles. The Labute approximate surface area is 218 Å². The highest BCUT2D eigenvalue weighted by molar-refractivity contribution is 6.00. The van der Waals surface area contributed by atoms with Crippen LogP contribution in [0.15, 0.2) is 54.6 Å². The summed E-state index contributed by atoms with van der Waals surface area (Å²) in [5, 5.41) is 9.36. The van der Waals surface area contributed by atoms with E-state index >= 15 is 0 Å². The van der Waals surface area contributed by atoms with Crippen LogP contribution in [-0.2, 0) is 25.7 Å². The van der Waals surface area contributed by atoms with E-state index in [1.807, 2.05) is 68.5 Å². The maximum absolute atomic E-state index is 14.2. The highest BCUT2D eigenvalue weighted by atomic mass is 16.5. The first-order valence-electron chi connectivity index (χ1n) is 13.4. The molecule has 5 atom stereocenters. The SMILES string of the molecule is CCCN1CC=C[C@@]2(C)O[C@]34C=CCN(Cc5ccccc5)C(=O)C3N(CCCCO)C(=O)[C@@H]4[C@H]2C1=O. The minimum absolute atomic E-state index is 0.0156. The van der Waals surface area contributed by atoms with Crippen LogP contribution in [-0.4, -0.2) is 87.6 Å². The molecule has 1 N–H and O–H groups in total. The van der Waals surface area contributed by atoms with E-state index in [1.165, 1.54) is 0 Å². The zero-order valence-corrected chi connectivity index (χ0v) is 21.7. The summed E-state index contributed by atoms with van der Waals surface area (Å²) in [5.74, 6) is -1.98. The van der Waals surface area contributed by atoms with Crippen molar-refractivity contribution in [3.8, 4) is 0 Å². The van der Waals surface area contributed by atoms with Gasteiger partial charge in [0.05, 0.1) is 17.4 Å². The van der Waals surface area contributed by atoms with E-state index < -0.39 is 29.1 Å². The third-order valence-corrected chi connectivity index (χ3v) is 8.24. The van der Waals surface area contributed by atoms with Crippen molar-refractivity contribution in [2.45, 2.75) is 56.9 Å². The molecule has 0 bridgehead atoms. The van der Waals surface area contributed by atoms with Crippen molar-refractivity contribution in [3.63, 3.8) is 0 Å². The molecule has 37 heavy (non-hydrogen) atoms. The van der Waals surface area contributed by atoms with Gasteiger partial charge in [-0.25, -0.2) is 0 Å². The van der Waals surface area contributed by atoms with Gasteiger partial charge in [-0.15, -0.1) is 0 Å². The summed E-state index contributed by atoms with van der Waals surface area (Å²) in [4.78, 5) is 47.5. The van der Waals surface area contributed by atoms with Crippen LogP contribution in [0.25, 0.3) is 0 Å². The van der Waals surface area contributed by atoms with Gasteiger partial charge in [-0.3, -0.25) is 14.4 Å². The maximum atomic E-state index is 14.2. The second kappa shape index (κ2) is 10.1. The summed E-state index contributed by atoms with van der Waals surface area (Å²) in [7, 11) is 0. The number of aliphatic hydroxyl groups excluding tert-OH is 1. The number of carbonyl (C=O) groups is 3. The van der Waals surface area contributed by atoms with Crippen LogP contribution in [0.3, 0.4) is 0 Å². The first kappa shape index (κ1) is 25.7. The topological polar surface area (TPSA) is 90.4 Å². The smallest absolute Gasteiger partial charge is 0.249 e. The lowest BCUT2D eigenvalue weighted by Gasteiger charge is -2.37. The van der Waals surface area contributed by atoms with Crippen LogP contribution >= 0.6 is 0 Å². The number of amides is 3. The number of rotatable bonds is 8. The van der Waals surface area contributed by atoms with Crippen LogP contribution in [0.1, 0.15) is 38.7 Å². The Balaban J connectivity index is 1.57. The number of hydrogen-bond acceptors (Lipinski definition) is 5. The summed E-state index contributed by atoms with van der Waals surface area (Å²) in [6.45, 7) is 6.16. The van der Waals surface area contributed by atoms with E-state index in [0.717, 1.165) is 12.0 Å². The molecule has 198 valence electrons. The van der Waals surface area contributed by atoms with Gasteiger partial charge in [-0.05, 0) is 31.7 Å². The Morgan fingerprint density at radius 2 is 1.65 bits per heavy atom. The fourth-order valence-corrected chi connectivity index (χ4v) is 6.67. The molecule has 8 nitrogen and oxygen atoms in total.